The van der Waals surface area contributed by atoms with Crippen LogP contribution in [0.3, 0.4) is 0 Å². The first kappa shape index (κ1) is 21.0. The summed E-state index contributed by atoms with van der Waals surface area (Å²) in [7, 11) is 1.33. The van der Waals surface area contributed by atoms with E-state index in [1.807, 2.05) is 32.0 Å². The second kappa shape index (κ2) is 8.57. The molecule has 0 radical (unpaired) electrons. The molecule has 0 fully saturated rings. The molecule has 0 unspecified atom stereocenters. The van der Waals surface area contributed by atoms with Crippen LogP contribution >= 0.6 is 0 Å². The van der Waals surface area contributed by atoms with Crippen LogP contribution < -0.4 is 5.32 Å². The largest absolute Gasteiger partial charge is 0.469 e. The smallest absolute Gasteiger partial charge is 0.416 e. The first-order chi connectivity index (χ1) is 12.7. The van der Waals surface area contributed by atoms with Crippen LogP contribution in [0, 0.1) is 6.92 Å². The molecule has 3 nitrogen and oxygen atoms in total. The molecule has 0 saturated carbocycles. The molecule has 146 valence electrons. The summed E-state index contributed by atoms with van der Waals surface area (Å²) in [5.74, 6) is -0.813. The van der Waals surface area contributed by atoms with Crippen molar-refractivity contribution in [3.63, 3.8) is 0 Å². The Balaban J connectivity index is 2.56. The number of ether oxygens (including phenoxy) is 1. The Hall–Kier alpha value is -2.34. The van der Waals surface area contributed by atoms with Crippen molar-refractivity contribution in [1.29, 1.82) is 0 Å². The fourth-order valence-corrected chi connectivity index (χ4v) is 2.99. The molecule has 0 bridgehead atoms. The van der Waals surface area contributed by atoms with E-state index in [-0.39, 0.29) is 5.97 Å². The third-order valence-corrected chi connectivity index (χ3v) is 4.46. The number of carbonyl (C=O) groups is 1. The van der Waals surface area contributed by atoms with Crippen molar-refractivity contribution in [2.45, 2.75) is 39.4 Å². The molecule has 0 aliphatic rings. The average Bonchev–Trinajstić information content (AvgIpc) is 2.63. The third-order valence-electron chi connectivity index (χ3n) is 4.46. The lowest BCUT2D eigenvalue weighted by molar-refractivity contribution is -0.142. The normalized spacial score (nSPS) is 12.7. The van der Waals surface area contributed by atoms with Crippen LogP contribution in [0.25, 0.3) is 11.1 Å². The van der Waals surface area contributed by atoms with E-state index in [1.54, 1.807) is 6.92 Å². The van der Waals surface area contributed by atoms with Gasteiger partial charge in [0, 0.05) is 6.54 Å². The Kier molecular flexibility index (Phi) is 6.65. The van der Waals surface area contributed by atoms with Crippen molar-refractivity contribution in [1.82, 2.24) is 5.32 Å². The average molecular weight is 379 g/mol. The highest BCUT2D eigenvalue weighted by Crippen LogP contribution is 2.35. The first-order valence-electron chi connectivity index (χ1n) is 8.78. The highest BCUT2D eigenvalue weighted by Gasteiger charge is 2.31. The summed E-state index contributed by atoms with van der Waals surface area (Å²) < 4.78 is 44.2. The van der Waals surface area contributed by atoms with E-state index in [0.29, 0.717) is 24.2 Å². The number of aryl methyl sites for hydroxylation is 1. The number of rotatable bonds is 6. The molecule has 1 atom stereocenters. The number of benzene rings is 2. The van der Waals surface area contributed by atoms with Crippen LogP contribution in [0.4, 0.5) is 13.2 Å². The van der Waals surface area contributed by atoms with E-state index in [4.69, 9.17) is 4.74 Å². The number of halogens is 3. The number of carbonyl (C=O) groups excluding carboxylic acids is 1. The topological polar surface area (TPSA) is 38.3 Å². The summed E-state index contributed by atoms with van der Waals surface area (Å²) in [5, 5.41) is 3.09. The minimum absolute atomic E-state index is 0.325. The van der Waals surface area contributed by atoms with Crippen LogP contribution in [0.15, 0.2) is 36.4 Å². The standard InChI is InChI=1S/C21H24F3NO2/c1-5-25-12-17-11-18(21(22,23)24)6-7-19(17)16-9-13(2)8-15(10-16)14(3)20(26)27-4/h6-11,14,25H,5,12H2,1-4H3/t14-/m1/s1. The molecule has 0 aliphatic carbocycles. The Morgan fingerprint density at radius 1 is 1.19 bits per heavy atom. The second-order valence-electron chi connectivity index (χ2n) is 6.53. The van der Waals surface area contributed by atoms with Gasteiger partial charge in [-0.1, -0.05) is 36.8 Å². The Morgan fingerprint density at radius 2 is 1.89 bits per heavy atom. The Morgan fingerprint density at radius 3 is 2.48 bits per heavy atom. The number of hydrogen-bond donors (Lipinski definition) is 1. The molecule has 0 amide bonds. The maximum atomic E-state index is 13.1. The summed E-state index contributed by atoms with van der Waals surface area (Å²) in [5.41, 5.74) is 3.08. The SMILES string of the molecule is CCNCc1cc(C(F)(F)F)ccc1-c1cc(C)cc([C@@H](C)C(=O)OC)c1. The zero-order valence-corrected chi connectivity index (χ0v) is 15.9. The number of methoxy groups -OCH3 is 1. The number of esters is 1. The first-order valence-corrected chi connectivity index (χ1v) is 8.78. The molecule has 2 aromatic rings. The summed E-state index contributed by atoms with van der Waals surface area (Å²) in [6.07, 6.45) is -4.39. The second-order valence-corrected chi connectivity index (χ2v) is 6.53. The maximum absolute atomic E-state index is 13.1. The van der Waals surface area contributed by atoms with Crippen molar-refractivity contribution in [3.05, 3.63) is 58.7 Å². The van der Waals surface area contributed by atoms with Gasteiger partial charge in [0.05, 0.1) is 18.6 Å². The highest BCUT2D eigenvalue weighted by atomic mass is 19.4. The van der Waals surface area contributed by atoms with E-state index >= 15 is 0 Å². The Bertz CT molecular complexity index is 816. The van der Waals surface area contributed by atoms with Crippen LogP contribution in [0.5, 0.6) is 0 Å². The predicted molar refractivity (Wildman–Crippen MR) is 99.4 cm³/mol. The fraction of sp³-hybridized carbons (Fsp3) is 0.381. The maximum Gasteiger partial charge on any atom is 0.416 e. The van der Waals surface area contributed by atoms with Crippen LogP contribution in [-0.2, 0) is 22.3 Å². The fourth-order valence-electron chi connectivity index (χ4n) is 2.99. The molecular weight excluding hydrogens is 355 g/mol. The predicted octanol–water partition coefficient (Wildman–Crippen LogP) is 5.07. The molecule has 27 heavy (non-hydrogen) atoms. The van der Waals surface area contributed by atoms with Crippen LogP contribution in [0.2, 0.25) is 0 Å². The van der Waals surface area contributed by atoms with Crippen LogP contribution in [0.1, 0.15) is 42.0 Å². The quantitative estimate of drug-likeness (QED) is 0.713. The Labute approximate surface area is 157 Å². The van der Waals surface area contributed by atoms with Gasteiger partial charge in [-0.3, -0.25) is 4.79 Å². The van der Waals surface area contributed by atoms with Gasteiger partial charge in [0.15, 0.2) is 0 Å². The van der Waals surface area contributed by atoms with Crippen LogP contribution in [-0.4, -0.2) is 19.6 Å². The molecular formula is C21H24F3NO2. The number of hydrogen-bond acceptors (Lipinski definition) is 3. The van der Waals surface area contributed by atoms with Crippen molar-refractivity contribution < 1.29 is 22.7 Å². The minimum atomic E-state index is -4.39. The zero-order chi connectivity index (χ0) is 20.2. The van der Waals surface area contributed by atoms with Crippen molar-refractivity contribution >= 4 is 5.97 Å². The van der Waals surface area contributed by atoms with Crippen molar-refractivity contribution in [2.24, 2.45) is 0 Å². The molecule has 0 saturated heterocycles. The van der Waals surface area contributed by atoms with E-state index in [2.05, 4.69) is 5.32 Å². The van der Waals surface area contributed by atoms with Gasteiger partial charge in [0.1, 0.15) is 0 Å². The van der Waals surface area contributed by atoms with E-state index < -0.39 is 17.7 Å². The van der Waals surface area contributed by atoms with Gasteiger partial charge in [-0.05, 0) is 54.8 Å². The molecule has 0 spiro atoms. The lowest BCUT2D eigenvalue weighted by Crippen LogP contribution is -2.14. The molecule has 0 aromatic heterocycles. The summed E-state index contributed by atoms with van der Waals surface area (Å²) in [4.78, 5) is 11.9. The molecule has 2 aromatic carbocycles. The van der Waals surface area contributed by atoms with Gasteiger partial charge in [-0.15, -0.1) is 0 Å². The van der Waals surface area contributed by atoms with Gasteiger partial charge in [-0.25, -0.2) is 0 Å². The summed E-state index contributed by atoms with van der Waals surface area (Å²) in [6.45, 7) is 6.51. The zero-order valence-electron chi connectivity index (χ0n) is 15.9. The van der Waals surface area contributed by atoms with Gasteiger partial charge in [-0.2, -0.15) is 13.2 Å². The van der Waals surface area contributed by atoms with Gasteiger partial charge in [0.2, 0.25) is 0 Å². The molecule has 0 aliphatic heterocycles. The van der Waals surface area contributed by atoms with Gasteiger partial charge < -0.3 is 10.1 Å². The minimum Gasteiger partial charge on any atom is -0.469 e. The lowest BCUT2D eigenvalue weighted by Gasteiger charge is -2.17. The van der Waals surface area contributed by atoms with Crippen molar-refractivity contribution in [2.75, 3.05) is 13.7 Å². The van der Waals surface area contributed by atoms with Crippen molar-refractivity contribution in [3.8, 4) is 11.1 Å². The molecule has 1 N–H and O–H groups in total. The lowest BCUT2D eigenvalue weighted by atomic mass is 9.91. The van der Waals surface area contributed by atoms with E-state index in [9.17, 15) is 18.0 Å². The molecule has 2 rings (SSSR count). The van der Waals surface area contributed by atoms with E-state index in [0.717, 1.165) is 22.8 Å². The molecule has 6 heteroatoms. The summed E-state index contributed by atoms with van der Waals surface area (Å²) in [6, 6.07) is 9.41. The highest BCUT2D eigenvalue weighted by molar-refractivity contribution is 5.79. The van der Waals surface area contributed by atoms with E-state index in [1.165, 1.54) is 19.2 Å². The number of nitrogens with one attached hydrogen (secondary N) is 1. The van der Waals surface area contributed by atoms with Gasteiger partial charge >= 0.3 is 12.1 Å². The molecule has 0 heterocycles. The number of alkyl halides is 3. The van der Waals surface area contributed by atoms with Gasteiger partial charge in [0.25, 0.3) is 0 Å². The third kappa shape index (κ3) is 5.10. The summed E-state index contributed by atoms with van der Waals surface area (Å²) >= 11 is 0. The monoisotopic (exact) mass is 379 g/mol.